The van der Waals surface area contributed by atoms with Crippen molar-refractivity contribution in [1.82, 2.24) is 4.90 Å². The number of rotatable bonds is 9. The van der Waals surface area contributed by atoms with Crippen LogP contribution in [0.1, 0.15) is 57.3 Å². The van der Waals surface area contributed by atoms with Crippen molar-refractivity contribution in [2.24, 2.45) is 11.7 Å². The standard InChI is InChI=1S/C19H31N3O2/c1-5-11-22(12-6-2)19(24)15-7-9-16(10-8-15)21-18(23)17(20)13-14(3)4/h7-10,14,17H,5-6,11-13,20H2,1-4H3,(H,21,23)/t17-/m0/s1. The summed E-state index contributed by atoms with van der Waals surface area (Å²) >= 11 is 0. The molecule has 3 N–H and O–H groups in total. The number of carbonyl (C=O) groups is 2. The van der Waals surface area contributed by atoms with E-state index in [4.69, 9.17) is 5.73 Å². The summed E-state index contributed by atoms with van der Waals surface area (Å²) in [5, 5.41) is 2.80. The Labute approximate surface area is 145 Å². The third kappa shape index (κ3) is 6.32. The molecule has 0 radical (unpaired) electrons. The average Bonchev–Trinajstić information content (AvgIpc) is 2.54. The molecule has 0 unspecified atom stereocenters. The van der Waals surface area contributed by atoms with Crippen LogP contribution in [0.5, 0.6) is 0 Å². The molecule has 5 nitrogen and oxygen atoms in total. The molecule has 0 saturated carbocycles. The van der Waals surface area contributed by atoms with Crippen LogP contribution in [0.15, 0.2) is 24.3 Å². The minimum absolute atomic E-state index is 0.0353. The second-order valence-corrected chi connectivity index (χ2v) is 6.59. The minimum Gasteiger partial charge on any atom is -0.339 e. The van der Waals surface area contributed by atoms with E-state index in [2.05, 4.69) is 19.2 Å². The molecule has 24 heavy (non-hydrogen) atoms. The van der Waals surface area contributed by atoms with Gasteiger partial charge in [-0.25, -0.2) is 0 Å². The smallest absolute Gasteiger partial charge is 0.253 e. The van der Waals surface area contributed by atoms with Crippen LogP contribution in [0.3, 0.4) is 0 Å². The number of nitrogens with one attached hydrogen (secondary N) is 1. The lowest BCUT2D eigenvalue weighted by Crippen LogP contribution is -2.36. The molecule has 0 aliphatic carbocycles. The van der Waals surface area contributed by atoms with Crippen molar-refractivity contribution in [3.63, 3.8) is 0 Å². The van der Waals surface area contributed by atoms with E-state index in [1.54, 1.807) is 24.3 Å². The minimum atomic E-state index is -0.518. The first-order valence-corrected chi connectivity index (χ1v) is 8.84. The Balaban J connectivity index is 2.71. The van der Waals surface area contributed by atoms with Gasteiger partial charge in [0.1, 0.15) is 0 Å². The molecule has 0 bridgehead atoms. The number of hydrogen-bond donors (Lipinski definition) is 2. The van der Waals surface area contributed by atoms with Gasteiger partial charge in [-0.3, -0.25) is 9.59 Å². The molecule has 0 aliphatic rings. The van der Waals surface area contributed by atoms with Crippen LogP contribution in [0, 0.1) is 5.92 Å². The molecule has 0 heterocycles. The summed E-state index contributed by atoms with van der Waals surface area (Å²) < 4.78 is 0. The van der Waals surface area contributed by atoms with Gasteiger partial charge in [-0.1, -0.05) is 27.7 Å². The van der Waals surface area contributed by atoms with Crippen molar-refractivity contribution >= 4 is 17.5 Å². The molecule has 0 saturated heterocycles. The van der Waals surface area contributed by atoms with E-state index in [9.17, 15) is 9.59 Å². The van der Waals surface area contributed by atoms with Crippen molar-refractivity contribution in [2.45, 2.75) is 53.0 Å². The van der Waals surface area contributed by atoms with Crippen LogP contribution in [-0.4, -0.2) is 35.8 Å². The summed E-state index contributed by atoms with van der Waals surface area (Å²) in [6.07, 6.45) is 2.52. The monoisotopic (exact) mass is 333 g/mol. The Morgan fingerprint density at radius 3 is 2.08 bits per heavy atom. The lowest BCUT2D eigenvalue weighted by atomic mass is 10.0. The molecule has 1 atom stereocenters. The number of carbonyl (C=O) groups excluding carboxylic acids is 2. The van der Waals surface area contributed by atoms with Crippen molar-refractivity contribution in [1.29, 1.82) is 0 Å². The summed E-state index contributed by atoms with van der Waals surface area (Å²) in [4.78, 5) is 26.4. The van der Waals surface area contributed by atoms with Crippen LogP contribution >= 0.6 is 0 Å². The first-order chi connectivity index (χ1) is 11.4. The predicted molar refractivity (Wildman–Crippen MR) is 99.0 cm³/mol. The molecule has 0 aromatic heterocycles. The molecule has 5 heteroatoms. The van der Waals surface area contributed by atoms with Crippen molar-refractivity contribution < 1.29 is 9.59 Å². The summed E-state index contributed by atoms with van der Waals surface area (Å²) in [7, 11) is 0. The molecule has 134 valence electrons. The number of benzene rings is 1. The summed E-state index contributed by atoms with van der Waals surface area (Å²) in [5.74, 6) is 0.211. The zero-order valence-corrected chi connectivity index (χ0v) is 15.3. The molecule has 1 rings (SSSR count). The maximum absolute atomic E-state index is 12.5. The molecule has 0 spiro atoms. The predicted octanol–water partition coefficient (Wildman–Crippen LogP) is 3.26. The van der Waals surface area contributed by atoms with Crippen molar-refractivity contribution in [3.8, 4) is 0 Å². The molecule has 0 fully saturated rings. The summed E-state index contributed by atoms with van der Waals surface area (Å²) in [6.45, 7) is 9.71. The topological polar surface area (TPSA) is 75.4 Å². The maximum atomic E-state index is 12.5. The van der Waals surface area contributed by atoms with E-state index in [1.165, 1.54) is 0 Å². The highest BCUT2D eigenvalue weighted by atomic mass is 16.2. The van der Waals surface area contributed by atoms with E-state index < -0.39 is 6.04 Å². The SMILES string of the molecule is CCCN(CCC)C(=O)c1ccc(NC(=O)[C@@H](N)CC(C)C)cc1. The van der Waals surface area contributed by atoms with Crippen LogP contribution in [-0.2, 0) is 4.79 Å². The van der Waals surface area contributed by atoms with Gasteiger partial charge < -0.3 is 16.0 Å². The van der Waals surface area contributed by atoms with E-state index in [1.807, 2.05) is 18.7 Å². The van der Waals surface area contributed by atoms with Crippen LogP contribution in [0.4, 0.5) is 5.69 Å². The highest BCUT2D eigenvalue weighted by Gasteiger charge is 2.16. The van der Waals surface area contributed by atoms with Crippen molar-refractivity contribution in [3.05, 3.63) is 29.8 Å². The Bertz CT molecular complexity index is 520. The fourth-order valence-electron chi connectivity index (χ4n) is 2.58. The zero-order valence-electron chi connectivity index (χ0n) is 15.3. The molecular weight excluding hydrogens is 302 g/mol. The first kappa shape index (κ1) is 20.2. The van der Waals surface area contributed by atoms with E-state index in [0.717, 1.165) is 25.9 Å². The summed E-state index contributed by atoms with van der Waals surface area (Å²) in [6, 6.07) is 6.50. The first-order valence-electron chi connectivity index (χ1n) is 8.84. The van der Waals surface area contributed by atoms with Crippen molar-refractivity contribution in [2.75, 3.05) is 18.4 Å². The highest BCUT2D eigenvalue weighted by Crippen LogP contribution is 2.13. The third-order valence-corrected chi connectivity index (χ3v) is 3.74. The fourth-order valence-corrected chi connectivity index (χ4v) is 2.58. The van der Waals surface area contributed by atoms with E-state index in [0.29, 0.717) is 23.6 Å². The van der Waals surface area contributed by atoms with Gasteiger partial charge in [0.25, 0.3) is 5.91 Å². The molecule has 0 aliphatic heterocycles. The second kappa shape index (κ2) is 10.1. The van der Waals surface area contributed by atoms with E-state index in [-0.39, 0.29) is 11.8 Å². The highest BCUT2D eigenvalue weighted by molar-refractivity contribution is 5.97. The number of amides is 2. The van der Waals surface area contributed by atoms with E-state index >= 15 is 0 Å². The average molecular weight is 333 g/mol. The number of hydrogen-bond acceptors (Lipinski definition) is 3. The van der Waals surface area contributed by atoms with Gasteiger partial charge in [0.2, 0.25) is 5.91 Å². The molecule has 1 aromatic rings. The lowest BCUT2D eigenvalue weighted by molar-refractivity contribution is -0.117. The number of nitrogens with zero attached hydrogens (tertiary/aromatic N) is 1. The molecular formula is C19H31N3O2. The molecule has 1 aromatic carbocycles. The largest absolute Gasteiger partial charge is 0.339 e. The van der Waals surface area contributed by atoms with Gasteiger partial charge in [-0.05, 0) is 49.4 Å². The lowest BCUT2D eigenvalue weighted by Gasteiger charge is -2.21. The van der Waals surface area contributed by atoms with Gasteiger partial charge in [0.15, 0.2) is 0 Å². The van der Waals surface area contributed by atoms with Gasteiger partial charge in [-0.15, -0.1) is 0 Å². The van der Waals surface area contributed by atoms with Gasteiger partial charge in [0.05, 0.1) is 6.04 Å². The van der Waals surface area contributed by atoms with Gasteiger partial charge >= 0.3 is 0 Å². The summed E-state index contributed by atoms with van der Waals surface area (Å²) in [5.41, 5.74) is 7.18. The van der Waals surface area contributed by atoms with Crippen LogP contribution in [0.25, 0.3) is 0 Å². The van der Waals surface area contributed by atoms with Gasteiger partial charge in [0, 0.05) is 24.3 Å². The Morgan fingerprint density at radius 1 is 1.08 bits per heavy atom. The number of anilines is 1. The Kier molecular flexibility index (Phi) is 8.47. The van der Waals surface area contributed by atoms with Crippen LogP contribution < -0.4 is 11.1 Å². The Morgan fingerprint density at radius 2 is 1.62 bits per heavy atom. The Hall–Kier alpha value is -1.88. The molecule has 2 amide bonds. The number of nitrogens with two attached hydrogens (primary N) is 1. The third-order valence-electron chi connectivity index (χ3n) is 3.74. The quantitative estimate of drug-likeness (QED) is 0.728. The zero-order chi connectivity index (χ0) is 18.1. The normalized spacial score (nSPS) is 12.1. The van der Waals surface area contributed by atoms with Gasteiger partial charge in [-0.2, -0.15) is 0 Å². The maximum Gasteiger partial charge on any atom is 0.253 e. The second-order valence-electron chi connectivity index (χ2n) is 6.59. The fraction of sp³-hybridized carbons (Fsp3) is 0.579. The van der Waals surface area contributed by atoms with Crippen LogP contribution in [0.2, 0.25) is 0 Å².